The third kappa shape index (κ3) is 3.13. The summed E-state index contributed by atoms with van der Waals surface area (Å²) >= 11 is 0. The first kappa shape index (κ1) is 15.3. The van der Waals surface area contributed by atoms with Crippen LogP contribution in [0.5, 0.6) is 0 Å². The summed E-state index contributed by atoms with van der Waals surface area (Å²) in [4.78, 5) is 14.7. The highest BCUT2D eigenvalue weighted by Crippen LogP contribution is 2.24. The SMILES string of the molecule is Cc1cc(C(=O)CN(CCO)C2CCCC2)c(C)n1C. The molecule has 1 N–H and O–H groups in total. The van der Waals surface area contributed by atoms with E-state index in [1.54, 1.807) is 0 Å². The fourth-order valence-electron chi connectivity index (χ4n) is 3.20. The average molecular weight is 278 g/mol. The minimum Gasteiger partial charge on any atom is -0.395 e. The van der Waals surface area contributed by atoms with E-state index in [1.807, 2.05) is 27.0 Å². The van der Waals surface area contributed by atoms with Gasteiger partial charge < -0.3 is 9.67 Å². The van der Waals surface area contributed by atoms with Crippen molar-refractivity contribution in [3.63, 3.8) is 0 Å². The standard InChI is InChI=1S/C16H26N2O2/c1-12-10-15(13(2)17(12)3)16(20)11-18(8-9-19)14-6-4-5-7-14/h10,14,19H,4-9,11H2,1-3H3. The Bertz CT molecular complexity index is 473. The molecule has 0 radical (unpaired) electrons. The van der Waals surface area contributed by atoms with Crippen LogP contribution in [0.3, 0.4) is 0 Å². The summed E-state index contributed by atoms with van der Waals surface area (Å²) in [6, 6.07) is 2.44. The Kier molecular flexibility index (Phi) is 5.00. The zero-order valence-electron chi connectivity index (χ0n) is 12.9. The van der Waals surface area contributed by atoms with Gasteiger partial charge in [0.2, 0.25) is 0 Å². The van der Waals surface area contributed by atoms with Crippen molar-refractivity contribution in [3.8, 4) is 0 Å². The molecular formula is C16H26N2O2. The smallest absolute Gasteiger partial charge is 0.178 e. The Labute approximate surface area is 121 Å². The Morgan fingerprint density at radius 2 is 2.05 bits per heavy atom. The van der Waals surface area contributed by atoms with Gasteiger partial charge in [-0.3, -0.25) is 9.69 Å². The second kappa shape index (κ2) is 6.55. The van der Waals surface area contributed by atoms with Crippen LogP contribution in [-0.4, -0.2) is 46.1 Å². The lowest BCUT2D eigenvalue weighted by Gasteiger charge is -2.27. The normalized spacial score (nSPS) is 16.2. The maximum atomic E-state index is 12.5. The van der Waals surface area contributed by atoms with Crippen LogP contribution in [0.25, 0.3) is 0 Å². The molecule has 0 aromatic carbocycles. The van der Waals surface area contributed by atoms with E-state index in [1.165, 1.54) is 12.8 Å². The van der Waals surface area contributed by atoms with Gasteiger partial charge in [0.25, 0.3) is 0 Å². The van der Waals surface area contributed by atoms with Gasteiger partial charge in [-0.15, -0.1) is 0 Å². The summed E-state index contributed by atoms with van der Waals surface area (Å²) in [6.45, 7) is 5.16. The topological polar surface area (TPSA) is 45.5 Å². The van der Waals surface area contributed by atoms with Gasteiger partial charge in [-0.2, -0.15) is 0 Å². The van der Waals surface area contributed by atoms with Crippen molar-refractivity contribution in [2.24, 2.45) is 7.05 Å². The highest BCUT2D eigenvalue weighted by Gasteiger charge is 2.25. The maximum Gasteiger partial charge on any atom is 0.178 e. The first-order chi connectivity index (χ1) is 9.54. The molecule has 4 nitrogen and oxygen atoms in total. The number of rotatable bonds is 6. The van der Waals surface area contributed by atoms with Crippen LogP contribution in [0.1, 0.15) is 47.4 Å². The minimum atomic E-state index is 0.122. The van der Waals surface area contributed by atoms with Crippen LogP contribution in [0.4, 0.5) is 0 Å². The molecule has 1 fully saturated rings. The van der Waals surface area contributed by atoms with Crippen molar-refractivity contribution in [2.45, 2.75) is 45.6 Å². The molecule has 0 amide bonds. The van der Waals surface area contributed by atoms with E-state index in [4.69, 9.17) is 0 Å². The highest BCUT2D eigenvalue weighted by molar-refractivity contribution is 5.99. The lowest BCUT2D eigenvalue weighted by molar-refractivity contribution is 0.0862. The van der Waals surface area contributed by atoms with E-state index < -0.39 is 0 Å². The summed E-state index contributed by atoms with van der Waals surface area (Å²) < 4.78 is 2.05. The lowest BCUT2D eigenvalue weighted by Crippen LogP contribution is -2.39. The molecule has 1 saturated carbocycles. The van der Waals surface area contributed by atoms with E-state index in [2.05, 4.69) is 9.47 Å². The fourth-order valence-corrected chi connectivity index (χ4v) is 3.20. The number of hydrogen-bond donors (Lipinski definition) is 1. The molecule has 0 spiro atoms. The third-order valence-electron chi connectivity index (χ3n) is 4.65. The minimum absolute atomic E-state index is 0.122. The largest absolute Gasteiger partial charge is 0.395 e. The van der Waals surface area contributed by atoms with Crippen LogP contribution in [0, 0.1) is 13.8 Å². The van der Waals surface area contributed by atoms with Crippen molar-refractivity contribution < 1.29 is 9.90 Å². The van der Waals surface area contributed by atoms with Gasteiger partial charge >= 0.3 is 0 Å². The molecular weight excluding hydrogens is 252 g/mol. The van der Waals surface area contributed by atoms with Gasteiger partial charge in [0, 0.05) is 36.6 Å². The third-order valence-corrected chi connectivity index (χ3v) is 4.65. The Morgan fingerprint density at radius 1 is 1.40 bits per heavy atom. The number of ketones is 1. The number of carbonyl (C=O) groups is 1. The van der Waals surface area contributed by atoms with Crippen molar-refractivity contribution >= 4 is 5.78 Å². The Morgan fingerprint density at radius 3 is 2.55 bits per heavy atom. The molecule has 1 aliphatic carbocycles. The molecule has 0 unspecified atom stereocenters. The second-order valence-electron chi connectivity index (χ2n) is 5.90. The first-order valence-corrected chi connectivity index (χ1v) is 7.55. The van der Waals surface area contributed by atoms with Gasteiger partial charge in [0.1, 0.15) is 0 Å². The predicted molar refractivity (Wildman–Crippen MR) is 80.1 cm³/mol. The summed E-state index contributed by atoms with van der Waals surface area (Å²) in [5.74, 6) is 0.173. The quantitative estimate of drug-likeness (QED) is 0.810. The number of aryl methyl sites for hydroxylation is 1. The van der Waals surface area contributed by atoms with E-state index in [-0.39, 0.29) is 12.4 Å². The van der Waals surface area contributed by atoms with E-state index >= 15 is 0 Å². The van der Waals surface area contributed by atoms with Gasteiger partial charge in [-0.1, -0.05) is 12.8 Å². The molecule has 1 aliphatic rings. The molecule has 0 bridgehead atoms. The molecule has 20 heavy (non-hydrogen) atoms. The molecule has 1 heterocycles. The number of aliphatic hydroxyl groups excluding tert-OH is 1. The average Bonchev–Trinajstić information content (AvgIpc) is 3.03. The highest BCUT2D eigenvalue weighted by atomic mass is 16.3. The molecule has 0 aliphatic heterocycles. The van der Waals surface area contributed by atoms with Crippen LogP contribution >= 0.6 is 0 Å². The Balaban J connectivity index is 2.09. The van der Waals surface area contributed by atoms with Crippen molar-refractivity contribution in [3.05, 3.63) is 23.0 Å². The molecule has 4 heteroatoms. The number of aliphatic hydroxyl groups is 1. The number of aromatic nitrogens is 1. The Hall–Kier alpha value is -1.13. The summed E-state index contributed by atoms with van der Waals surface area (Å²) in [5.41, 5.74) is 2.97. The molecule has 1 aromatic heterocycles. The molecule has 1 aromatic rings. The number of nitrogens with zero attached hydrogens (tertiary/aromatic N) is 2. The zero-order valence-corrected chi connectivity index (χ0v) is 12.9. The van der Waals surface area contributed by atoms with Gasteiger partial charge in [-0.25, -0.2) is 0 Å². The summed E-state index contributed by atoms with van der Waals surface area (Å²) in [5, 5.41) is 9.23. The van der Waals surface area contributed by atoms with Crippen LogP contribution in [0.2, 0.25) is 0 Å². The zero-order chi connectivity index (χ0) is 14.7. The number of carbonyl (C=O) groups excluding carboxylic acids is 1. The first-order valence-electron chi connectivity index (χ1n) is 7.55. The second-order valence-corrected chi connectivity index (χ2v) is 5.90. The van der Waals surface area contributed by atoms with E-state index in [0.717, 1.165) is 29.8 Å². The summed E-state index contributed by atoms with van der Waals surface area (Å²) in [7, 11) is 1.99. The molecule has 112 valence electrons. The lowest BCUT2D eigenvalue weighted by atomic mass is 10.1. The van der Waals surface area contributed by atoms with Crippen LogP contribution in [0.15, 0.2) is 6.07 Å². The monoisotopic (exact) mass is 278 g/mol. The fraction of sp³-hybridized carbons (Fsp3) is 0.688. The van der Waals surface area contributed by atoms with Crippen LogP contribution < -0.4 is 0 Å². The van der Waals surface area contributed by atoms with Crippen molar-refractivity contribution in [1.29, 1.82) is 0 Å². The molecule has 0 atom stereocenters. The molecule has 2 rings (SSSR count). The van der Waals surface area contributed by atoms with Crippen molar-refractivity contribution in [2.75, 3.05) is 19.7 Å². The van der Waals surface area contributed by atoms with E-state index in [9.17, 15) is 9.90 Å². The van der Waals surface area contributed by atoms with Gasteiger partial charge in [0.05, 0.1) is 13.2 Å². The maximum absolute atomic E-state index is 12.5. The van der Waals surface area contributed by atoms with Gasteiger partial charge in [0.15, 0.2) is 5.78 Å². The van der Waals surface area contributed by atoms with Crippen molar-refractivity contribution in [1.82, 2.24) is 9.47 Å². The summed E-state index contributed by atoms with van der Waals surface area (Å²) in [6.07, 6.45) is 4.79. The molecule has 0 saturated heterocycles. The van der Waals surface area contributed by atoms with Crippen LogP contribution in [-0.2, 0) is 7.05 Å². The van der Waals surface area contributed by atoms with E-state index in [0.29, 0.717) is 19.1 Å². The van der Waals surface area contributed by atoms with Gasteiger partial charge in [-0.05, 0) is 32.8 Å². The predicted octanol–water partition coefficient (Wildman–Crippen LogP) is 2.06. The number of Topliss-reactive ketones (excluding diaryl/α,β-unsaturated/α-hetero) is 1. The number of hydrogen-bond acceptors (Lipinski definition) is 3.